The Bertz CT molecular complexity index is 892. The number of amides is 1. The first-order valence-corrected chi connectivity index (χ1v) is 9.62. The topological polar surface area (TPSA) is 77.9 Å². The molecule has 0 unspecified atom stereocenters. The number of piperazine rings is 1. The summed E-state index contributed by atoms with van der Waals surface area (Å²) >= 11 is 0. The summed E-state index contributed by atoms with van der Waals surface area (Å²) in [7, 11) is -3.77. The van der Waals surface area contributed by atoms with Crippen molar-refractivity contribution in [1.82, 2.24) is 9.21 Å². The molecule has 138 valence electrons. The Labute approximate surface area is 151 Å². The van der Waals surface area contributed by atoms with Gasteiger partial charge in [-0.1, -0.05) is 18.2 Å². The molecule has 2 aromatic rings. The van der Waals surface area contributed by atoms with E-state index in [2.05, 4.69) is 0 Å². The van der Waals surface area contributed by atoms with Crippen LogP contribution in [0.2, 0.25) is 0 Å². The minimum atomic E-state index is -3.77. The quantitative estimate of drug-likeness (QED) is 0.877. The van der Waals surface area contributed by atoms with Gasteiger partial charge >= 0.3 is 0 Å². The summed E-state index contributed by atoms with van der Waals surface area (Å²) in [6, 6.07) is 11.3. The number of phenols is 1. The van der Waals surface area contributed by atoms with Gasteiger partial charge in [0.2, 0.25) is 15.9 Å². The molecule has 1 saturated heterocycles. The maximum atomic E-state index is 13.3. The third-order valence-electron chi connectivity index (χ3n) is 4.32. The summed E-state index contributed by atoms with van der Waals surface area (Å²) in [5.41, 5.74) is 0.780. The predicted octanol–water partition coefficient (Wildman–Crippen LogP) is 1.61. The number of hydrogen-bond donors (Lipinski definition) is 1. The fourth-order valence-electron chi connectivity index (χ4n) is 2.85. The minimum absolute atomic E-state index is 0.0821. The fraction of sp³-hybridized carbons (Fsp3) is 0.278. The summed E-state index contributed by atoms with van der Waals surface area (Å²) in [6.07, 6.45) is 0.191. The number of rotatable bonds is 4. The number of benzene rings is 2. The zero-order valence-corrected chi connectivity index (χ0v) is 14.8. The second-order valence-electron chi connectivity index (χ2n) is 6.09. The van der Waals surface area contributed by atoms with Gasteiger partial charge in [-0.15, -0.1) is 0 Å². The summed E-state index contributed by atoms with van der Waals surface area (Å²) < 4.78 is 39.7. The van der Waals surface area contributed by atoms with Crippen LogP contribution in [-0.2, 0) is 21.2 Å². The van der Waals surface area contributed by atoms with Gasteiger partial charge < -0.3 is 10.0 Å². The monoisotopic (exact) mass is 378 g/mol. The Morgan fingerprint density at radius 2 is 1.69 bits per heavy atom. The van der Waals surface area contributed by atoms with Crippen LogP contribution in [0.15, 0.2) is 53.4 Å². The summed E-state index contributed by atoms with van der Waals surface area (Å²) in [5.74, 6) is -0.565. The summed E-state index contributed by atoms with van der Waals surface area (Å²) in [6.45, 7) is 0.900. The Hall–Kier alpha value is -2.45. The van der Waals surface area contributed by atoms with Crippen LogP contribution in [0.25, 0.3) is 0 Å². The molecule has 1 N–H and O–H groups in total. The van der Waals surface area contributed by atoms with Gasteiger partial charge in [-0.2, -0.15) is 4.31 Å². The van der Waals surface area contributed by atoms with Crippen LogP contribution in [0.5, 0.6) is 5.75 Å². The first-order chi connectivity index (χ1) is 12.4. The molecule has 8 heteroatoms. The maximum Gasteiger partial charge on any atom is 0.243 e. The van der Waals surface area contributed by atoms with Crippen LogP contribution in [0.1, 0.15) is 5.56 Å². The Morgan fingerprint density at radius 1 is 1.04 bits per heavy atom. The highest BCUT2D eigenvalue weighted by molar-refractivity contribution is 7.89. The number of carbonyl (C=O) groups excluding carboxylic acids is 1. The molecule has 1 heterocycles. The van der Waals surface area contributed by atoms with Crippen molar-refractivity contribution in [2.24, 2.45) is 0 Å². The zero-order valence-electron chi connectivity index (χ0n) is 14.0. The lowest BCUT2D eigenvalue weighted by molar-refractivity contribution is -0.131. The molecule has 26 heavy (non-hydrogen) atoms. The van der Waals surface area contributed by atoms with Crippen molar-refractivity contribution < 1.29 is 22.7 Å². The Morgan fingerprint density at radius 3 is 2.31 bits per heavy atom. The number of hydrogen-bond acceptors (Lipinski definition) is 4. The Kier molecular flexibility index (Phi) is 5.24. The highest BCUT2D eigenvalue weighted by Crippen LogP contribution is 2.19. The second kappa shape index (κ2) is 7.43. The SMILES string of the molecule is O=C(Cc1ccc(O)cc1)N1CCN(S(=O)(=O)c2cccc(F)c2)CC1. The van der Waals surface area contributed by atoms with E-state index in [1.54, 1.807) is 17.0 Å². The molecule has 0 radical (unpaired) electrons. The number of sulfonamides is 1. The van der Waals surface area contributed by atoms with Crippen LogP contribution in [0.3, 0.4) is 0 Å². The van der Waals surface area contributed by atoms with Gasteiger partial charge in [0, 0.05) is 26.2 Å². The lowest BCUT2D eigenvalue weighted by Gasteiger charge is -2.34. The fourth-order valence-corrected chi connectivity index (χ4v) is 4.31. The first kappa shape index (κ1) is 18.3. The van der Waals surface area contributed by atoms with Crippen LogP contribution in [-0.4, -0.2) is 54.8 Å². The smallest absolute Gasteiger partial charge is 0.243 e. The molecule has 0 aromatic heterocycles. The van der Waals surface area contributed by atoms with Crippen LogP contribution in [0, 0.1) is 5.82 Å². The van der Waals surface area contributed by atoms with E-state index in [0.717, 1.165) is 11.6 Å². The van der Waals surface area contributed by atoms with E-state index in [0.29, 0.717) is 0 Å². The lowest BCUT2D eigenvalue weighted by atomic mass is 10.1. The van der Waals surface area contributed by atoms with Gasteiger partial charge in [0.1, 0.15) is 11.6 Å². The van der Waals surface area contributed by atoms with E-state index >= 15 is 0 Å². The molecule has 1 amide bonds. The van der Waals surface area contributed by atoms with E-state index in [1.807, 2.05) is 0 Å². The summed E-state index contributed by atoms with van der Waals surface area (Å²) in [4.78, 5) is 13.9. The summed E-state index contributed by atoms with van der Waals surface area (Å²) in [5, 5.41) is 9.27. The van der Waals surface area contributed by atoms with Gasteiger partial charge in [0.05, 0.1) is 11.3 Å². The number of aromatic hydroxyl groups is 1. The minimum Gasteiger partial charge on any atom is -0.508 e. The number of carbonyl (C=O) groups is 1. The Balaban J connectivity index is 1.61. The molecular weight excluding hydrogens is 359 g/mol. The third-order valence-corrected chi connectivity index (χ3v) is 6.21. The van der Waals surface area contributed by atoms with Gasteiger partial charge in [0.15, 0.2) is 0 Å². The average molecular weight is 378 g/mol. The molecule has 3 rings (SSSR count). The molecule has 1 aliphatic heterocycles. The largest absolute Gasteiger partial charge is 0.508 e. The molecule has 0 saturated carbocycles. The van der Waals surface area contributed by atoms with E-state index in [4.69, 9.17) is 0 Å². The predicted molar refractivity (Wildman–Crippen MR) is 93.5 cm³/mol. The molecule has 0 spiro atoms. The molecule has 1 aliphatic rings. The van der Waals surface area contributed by atoms with Crippen molar-refractivity contribution in [3.05, 3.63) is 59.9 Å². The van der Waals surface area contributed by atoms with Crippen molar-refractivity contribution >= 4 is 15.9 Å². The van der Waals surface area contributed by atoms with Crippen molar-refractivity contribution in [2.45, 2.75) is 11.3 Å². The van der Waals surface area contributed by atoms with Crippen LogP contribution < -0.4 is 0 Å². The standard InChI is InChI=1S/C18H19FN2O4S/c19-15-2-1-3-17(13-15)26(24,25)21-10-8-20(9-11-21)18(23)12-14-4-6-16(22)7-5-14/h1-7,13,22H,8-12H2. The third kappa shape index (κ3) is 4.03. The van der Waals surface area contributed by atoms with E-state index in [-0.39, 0.29) is 49.2 Å². The van der Waals surface area contributed by atoms with Crippen LogP contribution >= 0.6 is 0 Å². The normalized spacial score (nSPS) is 15.8. The number of nitrogens with zero attached hydrogens (tertiary/aromatic N) is 2. The molecule has 6 nitrogen and oxygen atoms in total. The van der Waals surface area contributed by atoms with Crippen molar-refractivity contribution in [3.8, 4) is 5.75 Å². The molecular formula is C18H19FN2O4S. The van der Waals surface area contributed by atoms with Crippen molar-refractivity contribution in [2.75, 3.05) is 26.2 Å². The van der Waals surface area contributed by atoms with E-state index in [1.165, 1.54) is 34.6 Å². The molecule has 2 aromatic carbocycles. The number of phenolic OH excluding ortho intramolecular Hbond substituents is 1. The lowest BCUT2D eigenvalue weighted by Crippen LogP contribution is -2.50. The number of halogens is 1. The van der Waals surface area contributed by atoms with Gasteiger partial charge in [0.25, 0.3) is 0 Å². The van der Waals surface area contributed by atoms with E-state index < -0.39 is 15.8 Å². The average Bonchev–Trinajstić information content (AvgIpc) is 2.64. The highest BCUT2D eigenvalue weighted by Gasteiger charge is 2.30. The van der Waals surface area contributed by atoms with Crippen molar-refractivity contribution in [3.63, 3.8) is 0 Å². The van der Waals surface area contributed by atoms with Gasteiger partial charge in [-0.25, -0.2) is 12.8 Å². The first-order valence-electron chi connectivity index (χ1n) is 8.18. The van der Waals surface area contributed by atoms with Gasteiger partial charge in [-0.05, 0) is 35.9 Å². The molecule has 0 aliphatic carbocycles. The molecule has 0 atom stereocenters. The zero-order chi connectivity index (χ0) is 18.7. The van der Waals surface area contributed by atoms with Crippen LogP contribution in [0.4, 0.5) is 4.39 Å². The molecule has 0 bridgehead atoms. The second-order valence-corrected chi connectivity index (χ2v) is 8.02. The molecule has 1 fully saturated rings. The maximum absolute atomic E-state index is 13.3. The van der Waals surface area contributed by atoms with E-state index in [9.17, 15) is 22.7 Å². The van der Waals surface area contributed by atoms with Gasteiger partial charge in [-0.3, -0.25) is 4.79 Å². The highest BCUT2D eigenvalue weighted by atomic mass is 32.2. The van der Waals surface area contributed by atoms with Crippen molar-refractivity contribution in [1.29, 1.82) is 0 Å².